The first-order valence-electron chi connectivity index (χ1n) is 6.83. The van der Waals surface area contributed by atoms with Crippen molar-refractivity contribution in [1.29, 1.82) is 0 Å². The van der Waals surface area contributed by atoms with E-state index in [0.29, 0.717) is 6.04 Å². The van der Waals surface area contributed by atoms with Crippen molar-refractivity contribution in [2.24, 2.45) is 0 Å². The Morgan fingerprint density at radius 2 is 2.12 bits per heavy atom. The van der Waals surface area contributed by atoms with E-state index in [0.717, 1.165) is 19.5 Å². The van der Waals surface area contributed by atoms with Crippen LogP contribution in [-0.4, -0.2) is 49.2 Å². The van der Waals surface area contributed by atoms with Crippen molar-refractivity contribution in [3.63, 3.8) is 0 Å². The maximum absolute atomic E-state index is 12.4. The van der Waals surface area contributed by atoms with E-state index in [-0.39, 0.29) is 18.1 Å². The average Bonchev–Trinajstić information content (AvgIpc) is 3.00. The monoisotopic (exact) mass is 240 g/mol. The predicted molar refractivity (Wildman–Crippen MR) is 66.8 cm³/mol. The van der Waals surface area contributed by atoms with Gasteiger partial charge in [-0.05, 0) is 26.2 Å². The van der Waals surface area contributed by atoms with Gasteiger partial charge in [0.15, 0.2) is 0 Å². The highest BCUT2D eigenvalue weighted by Crippen LogP contribution is 2.25. The molecule has 0 bridgehead atoms. The van der Waals surface area contributed by atoms with Crippen LogP contribution < -0.4 is 5.32 Å². The van der Waals surface area contributed by atoms with Gasteiger partial charge in [-0.25, -0.2) is 0 Å². The van der Waals surface area contributed by atoms with Gasteiger partial charge in [-0.1, -0.05) is 12.8 Å². The lowest BCUT2D eigenvalue weighted by Gasteiger charge is -2.30. The molecular weight excluding hydrogens is 216 g/mol. The highest BCUT2D eigenvalue weighted by Gasteiger charge is 2.34. The standard InChI is InChI=1S/C13H24N2O2/c1-3-15(10-6-4-5-7-10)13(16)12-8-11(17-2)9-14-12/h10-12,14H,3-9H2,1-2H3. The van der Waals surface area contributed by atoms with Gasteiger partial charge in [0.2, 0.25) is 5.91 Å². The Bertz CT molecular complexity index is 264. The number of nitrogens with one attached hydrogen (secondary N) is 1. The van der Waals surface area contributed by atoms with Crippen LogP contribution in [0.5, 0.6) is 0 Å². The minimum Gasteiger partial charge on any atom is -0.380 e. The normalized spacial score (nSPS) is 29.8. The fourth-order valence-electron chi connectivity index (χ4n) is 3.08. The largest absolute Gasteiger partial charge is 0.380 e. The summed E-state index contributed by atoms with van der Waals surface area (Å²) < 4.78 is 5.30. The van der Waals surface area contributed by atoms with E-state index >= 15 is 0 Å². The van der Waals surface area contributed by atoms with Crippen molar-refractivity contribution in [3.05, 3.63) is 0 Å². The molecule has 0 spiro atoms. The highest BCUT2D eigenvalue weighted by atomic mass is 16.5. The van der Waals surface area contributed by atoms with Gasteiger partial charge in [0.1, 0.15) is 0 Å². The van der Waals surface area contributed by atoms with Crippen LogP contribution in [0.4, 0.5) is 0 Å². The lowest BCUT2D eigenvalue weighted by molar-refractivity contribution is -0.135. The SMILES string of the molecule is CCN(C(=O)C1CC(OC)CN1)C1CCCC1. The summed E-state index contributed by atoms with van der Waals surface area (Å²) in [6, 6.07) is 0.455. The molecule has 0 aromatic heterocycles. The fourth-order valence-corrected chi connectivity index (χ4v) is 3.08. The molecule has 0 aromatic rings. The number of hydrogen-bond acceptors (Lipinski definition) is 3. The molecule has 1 aliphatic heterocycles. The summed E-state index contributed by atoms with van der Waals surface area (Å²) in [4.78, 5) is 14.5. The number of rotatable bonds is 4. The van der Waals surface area contributed by atoms with E-state index < -0.39 is 0 Å². The number of likely N-dealkylation sites (N-methyl/N-ethyl adjacent to an activating group) is 1. The van der Waals surface area contributed by atoms with Crippen LogP contribution in [0.15, 0.2) is 0 Å². The summed E-state index contributed by atoms with van der Waals surface area (Å²) in [5.41, 5.74) is 0. The number of hydrogen-bond donors (Lipinski definition) is 1. The van der Waals surface area contributed by atoms with Crippen molar-refractivity contribution in [2.45, 2.75) is 57.2 Å². The molecule has 2 rings (SSSR count). The van der Waals surface area contributed by atoms with Crippen LogP contribution in [0, 0.1) is 0 Å². The molecule has 98 valence electrons. The third-order valence-electron chi connectivity index (χ3n) is 4.11. The zero-order chi connectivity index (χ0) is 12.3. The molecule has 1 amide bonds. The minimum absolute atomic E-state index is 0.0273. The Balaban J connectivity index is 1.92. The molecule has 2 fully saturated rings. The summed E-state index contributed by atoms with van der Waals surface area (Å²) in [5, 5.41) is 3.28. The first-order valence-corrected chi connectivity index (χ1v) is 6.83. The summed E-state index contributed by atoms with van der Waals surface area (Å²) in [7, 11) is 1.72. The number of carbonyl (C=O) groups excluding carboxylic acids is 1. The van der Waals surface area contributed by atoms with Crippen LogP contribution in [0.3, 0.4) is 0 Å². The Kier molecular flexibility index (Phi) is 4.40. The van der Waals surface area contributed by atoms with E-state index in [2.05, 4.69) is 17.1 Å². The van der Waals surface area contributed by atoms with Crippen LogP contribution >= 0.6 is 0 Å². The van der Waals surface area contributed by atoms with Gasteiger partial charge in [0.05, 0.1) is 12.1 Å². The van der Waals surface area contributed by atoms with Crippen LogP contribution in [-0.2, 0) is 9.53 Å². The van der Waals surface area contributed by atoms with Gasteiger partial charge in [-0.3, -0.25) is 4.79 Å². The van der Waals surface area contributed by atoms with Gasteiger partial charge >= 0.3 is 0 Å². The maximum atomic E-state index is 12.4. The fraction of sp³-hybridized carbons (Fsp3) is 0.923. The molecule has 0 radical (unpaired) electrons. The summed E-state index contributed by atoms with van der Waals surface area (Å²) in [6.07, 6.45) is 5.92. The Hall–Kier alpha value is -0.610. The Morgan fingerprint density at radius 3 is 2.65 bits per heavy atom. The van der Waals surface area contributed by atoms with E-state index in [9.17, 15) is 4.79 Å². The maximum Gasteiger partial charge on any atom is 0.240 e. The number of amides is 1. The molecule has 1 heterocycles. The zero-order valence-electron chi connectivity index (χ0n) is 10.9. The third-order valence-corrected chi connectivity index (χ3v) is 4.11. The van der Waals surface area contributed by atoms with Gasteiger partial charge in [-0.15, -0.1) is 0 Å². The molecule has 0 aromatic carbocycles. The second kappa shape index (κ2) is 5.83. The van der Waals surface area contributed by atoms with Crippen molar-refractivity contribution in [1.82, 2.24) is 10.2 Å². The van der Waals surface area contributed by atoms with Gasteiger partial charge in [-0.2, -0.15) is 0 Å². The molecule has 1 saturated carbocycles. The molecule has 4 nitrogen and oxygen atoms in total. The van der Waals surface area contributed by atoms with Crippen LogP contribution in [0.1, 0.15) is 39.0 Å². The zero-order valence-corrected chi connectivity index (χ0v) is 10.9. The first kappa shape index (κ1) is 12.8. The molecular formula is C13H24N2O2. The number of carbonyl (C=O) groups is 1. The average molecular weight is 240 g/mol. The summed E-state index contributed by atoms with van der Waals surface area (Å²) in [5.74, 6) is 0.277. The Morgan fingerprint density at radius 1 is 1.41 bits per heavy atom. The number of methoxy groups -OCH3 is 1. The van der Waals surface area contributed by atoms with Gasteiger partial charge < -0.3 is 15.0 Å². The van der Waals surface area contributed by atoms with Crippen molar-refractivity contribution in [2.75, 3.05) is 20.2 Å². The van der Waals surface area contributed by atoms with Crippen molar-refractivity contribution in [3.8, 4) is 0 Å². The molecule has 2 atom stereocenters. The first-order chi connectivity index (χ1) is 8.26. The predicted octanol–water partition coefficient (Wildman–Crippen LogP) is 1.15. The van der Waals surface area contributed by atoms with Crippen LogP contribution in [0.25, 0.3) is 0 Å². The molecule has 1 aliphatic carbocycles. The van der Waals surface area contributed by atoms with E-state index in [4.69, 9.17) is 4.74 Å². The lowest BCUT2D eigenvalue weighted by Crippen LogP contribution is -2.47. The van der Waals surface area contributed by atoms with E-state index in [1.165, 1.54) is 25.7 Å². The molecule has 1 N–H and O–H groups in total. The van der Waals surface area contributed by atoms with Gasteiger partial charge in [0, 0.05) is 26.2 Å². The minimum atomic E-state index is -0.0273. The van der Waals surface area contributed by atoms with E-state index in [1.807, 2.05) is 0 Å². The molecule has 2 unspecified atom stereocenters. The molecule has 4 heteroatoms. The van der Waals surface area contributed by atoms with Crippen molar-refractivity contribution >= 4 is 5.91 Å². The molecule has 17 heavy (non-hydrogen) atoms. The topological polar surface area (TPSA) is 41.6 Å². The highest BCUT2D eigenvalue weighted by molar-refractivity contribution is 5.82. The second-order valence-corrected chi connectivity index (χ2v) is 5.12. The van der Waals surface area contributed by atoms with Gasteiger partial charge in [0.25, 0.3) is 0 Å². The Labute approximate surface area is 104 Å². The smallest absolute Gasteiger partial charge is 0.240 e. The molecule has 1 saturated heterocycles. The second-order valence-electron chi connectivity index (χ2n) is 5.12. The number of ether oxygens (including phenoxy) is 1. The quantitative estimate of drug-likeness (QED) is 0.801. The van der Waals surface area contributed by atoms with Crippen molar-refractivity contribution < 1.29 is 9.53 Å². The molecule has 2 aliphatic rings. The summed E-state index contributed by atoms with van der Waals surface area (Å²) >= 11 is 0. The lowest BCUT2D eigenvalue weighted by atomic mass is 10.1. The third kappa shape index (κ3) is 2.80. The van der Waals surface area contributed by atoms with E-state index in [1.54, 1.807) is 7.11 Å². The van der Waals surface area contributed by atoms with Crippen LogP contribution in [0.2, 0.25) is 0 Å². The summed E-state index contributed by atoms with van der Waals surface area (Å²) in [6.45, 7) is 3.72. The number of nitrogens with zero attached hydrogens (tertiary/aromatic N) is 1.